The lowest BCUT2D eigenvalue weighted by molar-refractivity contribution is 0.0226. The van der Waals surface area contributed by atoms with Crippen molar-refractivity contribution in [2.45, 2.75) is 40.0 Å². The predicted octanol–water partition coefficient (Wildman–Crippen LogP) is 3.63. The summed E-state index contributed by atoms with van der Waals surface area (Å²) in [5.41, 5.74) is -0.774. The van der Waals surface area contributed by atoms with Gasteiger partial charge in [0.2, 0.25) is 6.43 Å². The Morgan fingerprint density at radius 2 is 1.67 bits per heavy atom. The first kappa shape index (κ1) is 9.69. The van der Waals surface area contributed by atoms with Gasteiger partial charge in [-0.2, -0.15) is 0 Å². The Bertz CT molecular complexity index is 194. The van der Waals surface area contributed by atoms with E-state index in [1.54, 1.807) is 13.0 Å². The summed E-state index contributed by atoms with van der Waals surface area (Å²) in [5.74, 6) is 0. The third-order valence-electron chi connectivity index (χ3n) is 2.72. The van der Waals surface area contributed by atoms with Crippen LogP contribution < -0.4 is 0 Å². The van der Waals surface area contributed by atoms with Gasteiger partial charge in [0, 0.05) is 5.41 Å². The first-order valence-electron chi connectivity index (χ1n) is 4.34. The molecule has 2 heteroatoms. The minimum absolute atomic E-state index is 0.106. The smallest absolute Gasteiger partial charge is 0.210 e. The van der Waals surface area contributed by atoms with Crippen molar-refractivity contribution in [3.63, 3.8) is 0 Å². The van der Waals surface area contributed by atoms with Gasteiger partial charge in [-0.25, -0.2) is 8.78 Å². The lowest BCUT2D eigenvalue weighted by atomic mass is 9.72. The fourth-order valence-electron chi connectivity index (χ4n) is 1.36. The maximum absolute atomic E-state index is 12.5. The molecule has 0 N–H and O–H groups in total. The molecule has 1 unspecified atom stereocenters. The highest BCUT2D eigenvalue weighted by Gasteiger charge is 2.37. The zero-order chi connectivity index (χ0) is 9.41. The molecule has 12 heavy (non-hydrogen) atoms. The molecule has 0 saturated heterocycles. The lowest BCUT2D eigenvalue weighted by Gasteiger charge is -2.35. The maximum atomic E-state index is 12.5. The Kier molecular flexibility index (Phi) is 2.28. The van der Waals surface area contributed by atoms with E-state index in [0.29, 0.717) is 6.42 Å². The van der Waals surface area contributed by atoms with Crippen molar-refractivity contribution in [3.8, 4) is 0 Å². The second-order valence-corrected chi connectivity index (χ2v) is 4.63. The van der Waals surface area contributed by atoms with Crippen molar-refractivity contribution in [2.24, 2.45) is 10.8 Å². The summed E-state index contributed by atoms with van der Waals surface area (Å²) in [6.07, 6.45) is 2.81. The molecule has 1 atom stereocenters. The van der Waals surface area contributed by atoms with Crippen LogP contribution in [0.5, 0.6) is 0 Å². The zero-order valence-electron chi connectivity index (χ0n) is 7.90. The summed E-state index contributed by atoms with van der Waals surface area (Å²) in [4.78, 5) is 0. The third kappa shape index (κ3) is 1.85. The van der Waals surface area contributed by atoms with Gasteiger partial charge in [0.15, 0.2) is 0 Å². The Hall–Kier alpha value is -0.400. The summed E-state index contributed by atoms with van der Waals surface area (Å²) in [6, 6.07) is 0. The van der Waals surface area contributed by atoms with Crippen molar-refractivity contribution >= 4 is 0 Å². The first-order valence-corrected chi connectivity index (χ1v) is 4.34. The minimum Gasteiger partial charge on any atom is -0.210 e. The number of alkyl halides is 2. The van der Waals surface area contributed by atoms with Crippen molar-refractivity contribution < 1.29 is 8.78 Å². The second kappa shape index (κ2) is 2.82. The second-order valence-electron chi connectivity index (χ2n) is 4.63. The van der Waals surface area contributed by atoms with Crippen LogP contribution in [0.3, 0.4) is 0 Å². The molecule has 0 bridgehead atoms. The molecule has 0 fully saturated rings. The van der Waals surface area contributed by atoms with Gasteiger partial charge < -0.3 is 0 Å². The fraction of sp³-hybridized carbons (Fsp3) is 0.800. The topological polar surface area (TPSA) is 0 Å². The van der Waals surface area contributed by atoms with Crippen LogP contribution >= 0.6 is 0 Å². The van der Waals surface area contributed by atoms with Gasteiger partial charge in [0.25, 0.3) is 0 Å². The molecule has 1 aliphatic carbocycles. The number of halogens is 2. The molecule has 0 aromatic rings. The first-order chi connectivity index (χ1) is 5.36. The van der Waals surface area contributed by atoms with Gasteiger partial charge >= 0.3 is 0 Å². The molecule has 0 nitrogen and oxygen atoms in total. The van der Waals surface area contributed by atoms with E-state index in [2.05, 4.69) is 13.8 Å². The van der Waals surface area contributed by atoms with E-state index in [1.165, 1.54) is 0 Å². The molecule has 0 radical (unpaired) electrons. The highest BCUT2D eigenvalue weighted by molar-refractivity contribution is 5.09. The van der Waals surface area contributed by atoms with Gasteiger partial charge in [-0.1, -0.05) is 32.9 Å². The average Bonchev–Trinajstić information content (AvgIpc) is 1.96. The van der Waals surface area contributed by atoms with E-state index in [0.717, 1.165) is 6.42 Å². The van der Waals surface area contributed by atoms with Crippen LogP contribution in [0.15, 0.2) is 12.2 Å². The van der Waals surface area contributed by atoms with E-state index >= 15 is 0 Å². The van der Waals surface area contributed by atoms with Crippen LogP contribution in [0.25, 0.3) is 0 Å². The quantitative estimate of drug-likeness (QED) is 0.532. The van der Waals surface area contributed by atoms with E-state index in [-0.39, 0.29) is 5.41 Å². The molecule has 0 aromatic heterocycles. The largest absolute Gasteiger partial charge is 0.247 e. The Balaban J connectivity index is 2.77. The molecule has 0 saturated carbocycles. The number of allylic oxidation sites excluding steroid dienone is 2. The standard InChI is InChI=1S/C10H16F2/c1-9(2)4-6-10(3,7-5-9)8(11)12/h4,6,8H,5,7H2,1-3H3. The molecule has 0 spiro atoms. The SMILES string of the molecule is CC1(C)C=CC(C)(C(F)F)CC1. The number of hydrogen-bond acceptors (Lipinski definition) is 0. The van der Waals surface area contributed by atoms with Gasteiger partial charge in [0.05, 0.1) is 0 Å². The Labute approximate surface area is 72.7 Å². The maximum Gasteiger partial charge on any atom is 0.247 e. The lowest BCUT2D eigenvalue weighted by Crippen LogP contribution is -2.29. The summed E-state index contributed by atoms with van der Waals surface area (Å²) in [6.45, 7) is 5.78. The van der Waals surface area contributed by atoms with Gasteiger partial charge in [-0.15, -0.1) is 0 Å². The van der Waals surface area contributed by atoms with Gasteiger partial charge in [0.1, 0.15) is 0 Å². The average molecular weight is 174 g/mol. The van der Waals surface area contributed by atoms with Crippen LogP contribution in [0.4, 0.5) is 8.78 Å². The summed E-state index contributed by atoms with van der Waals surface area (Å²) < 4.78 is 25.0. The normalized spacial score (nSPS) is 34.2. The summed E-state index contributed by atoms with van der Waals surface area (Å²) in [5, 5.41) is 0. The van der Waals surface area contributed by atoms with Crippen LogP contribution in [0.2, 0.25) is 0 Å². The minimum atomic E-state index is -2.23. The predicted molar refractivity (Wildman–Crippen MR) is 46.3 cm³/mol. The molecular weight excluding hydrogens is 158 g/mol. The molecule has 0 heterocycles. The molecular formula is C10H16F2. The number of rotatable bonds is 1. The monoisotopic (exact) mass is 174 g/mol. The molecule has 70 valence electrons. The van der Waals surface area contributed by atoms with Crippen LogP contribution in [-0.2, 0) is 0 Å². The van der Waals surface area contributed by atoms with Crippen LogP contribution in [-0.4, -0.2) is 6.43 Å². The highest BCUT2D eigenvalue weighted by atomic mass is 19.3. The van der Waals surface area contributed by atoms with E-state index < -0.39 is 11.8 Å². The van der Waals surface area contributed by atoms with Crippen molar-refractivity contribution in [1.29, 1.82) is 0 Å². The molecule has 0 aromatic carbocycles. The zero-order valence-corrected chi connectivity index (χ0v) is 7.90. The van der Waals surface area contributed by atoms with Crippen molar-refractivity contribution in [3.05, 3.63) is 12.2 Å². The Morgan fingerprint density at radius 1 is 1.08 bits per heavy atom. The molecule has 0 amide bonds. The third-order valence-corrected chi connectivity index (χ3v) is 2.72. The molecule has 0 aliphatic heterocycles. The van der Waals surface area contributed by atoms with Gasteiger partial charge in [-0.05, 0) is 18.3 Å². The summed E-state index contributed by atoms with van der Waals surface area (Å²) >= 11 is 0. The van der Waals surface area contributed by atoms with Crippen LogP contribution in [0.1, 0.15) is 33.6 Å². The summed E-state index contributed by atoms with van der Waals surface area (Å²) in [7, 11) is 0. The Morgan fingerprint density at radius 3 is 2.00 bits per heavy atom. The van der Waals surface area contributed by atoms with E-state index in [1.807, 2.05) is 6.08 Å². The van der Waals surface area contributed by atoms with Crippen molar-refractivity contribution in [1.82, 2.24) is 0 Å². The molecule has 1 rings (SSSR count). The van der Waals surface area contributed by atoms with Gasteiger partial charge in [-0.3, -0.25) is 0 Å². The van der Waals surface area contributed by atoms with Crippen LogP contribution in [0, 0.1) is 10.8 Å². The van der Waals surface area contributed by atoms with E-state index in [9.17, 15) is 8.78 Å². The highest BCUT2D eigenvalue weighted by Crippen LogP contribution is 2.42. The van der Waals surface area contributed by atoms with E-state index in [4.69, 9.17) is 0 Å². The molecule has 1 aliphatic rings. The fourth-order valence-corrected chi connectivity index (χ4v) is 1.36. The number of hydrogen-bond donors (Lipinski definition) is 0. The van der Waals surface area contributed by atoms with Crippen molar-refractivity contribution in [2.75, 3.05) is 0 Å².